The van der Waals surface area contributed by atoms with Crippen LogP contribution in [0.15, 0.2) is 0 Å². The molecule has 3 atom stereocenters. The Kier molecular flexibility index (Phi) is 5.68. The van der Waals surface area contributed by atoms with Gasteiger partial charge in [0.2, 0.25) is 0 Å². The van der Waals surface area contributed by atoms with Crippen LogP contribution in [0.1, 0.15) is 48.5 Å². The van der Waals surface area contributed by atoms with Gasteiger partial charge in [-0.1, -0.05) is 0 Å². The number of piperazine rings is 1. The number of rotatable bonds is 4. The van der Waals surface area contributed by atoms with Gasteiger partial charge in [0.25, 0.3) is 0 Å². The fourth-order valence-electron chi connectivity index (χ4n) is 3.44. The molecule has 0 aromatic carbocycles. The molecule has 2 aliphatic rings. The third kappa shape index (κ3) is 5.07. The highest BCUT2D eigenvalue weighted by Crippen LogP contribution is 2.26. The van der Waals surface area contributed by atoms with Crippen LogP contribution in [0.25, 0.3) is 0 Å². The number of hydrogen-bond acceptors (Lipinski definition) is 5. The first-order valence-corrected chi connectivity index (χ1v) is 9.08. The lowest BCUT2D eigenvalue weighted by molar-refractivity contribution is -0.169. The molecule has 144 valence electrons. The van der Waals surface area contributed by atoms with E-state index in [1.54, 1.807) is 4.90 Å². The summed E-state index contributed by atoms with van der Waals surface area (Å²) in [5.41, 5.74) is -1.04. The summed E-state index contributed by atoms with van der Waals surface area (Å²) in [5, 5.41) is 3.30. The number of urea groups is 1. The summed E-state index contributed by atoms with van der Waals surface area (Å²) in [6.45, 7) is 15.8. The van der Waals surface area contributed by atoms with Gasteiger partial charge in [-0.25, -0.2) is 9.59 Å². The van der Waals surface area contributed by atoms with Gasteiger partial charge in [0.1, 0.15) is 5.60 Å². The molecular weight excluding hydrogens is 322 g/mol. The maximum atomic E-state index is 12.9. The SMILES string of the molecule is C[C@@H](OC(C)(C)C)[C@@H](C(=O)OC(C)(C)C)N1CC2CNCCN2C1=O. The van der Waals surface area contributed by atoms with E-state index in [4.69, 9.17) is 9.47 Å². The molecule has 0 saturated carbocycles. The van der Waals surface area contributed by atoms with Crippen LogP contribution in [0, 0.1) is 0 Å². The second-order valence-corrected chi connectivity index (χ2v) is 8.90. The van der Waals surface area contributed by atoms with E-state index in [1.807, 2.05) is 53.4 Å². The number of nitrogens with one attached hydrogen (secondary N) is 1. The van der Waals surface area contributed by atoms with Crippen molar-refractivity contribution in [2.24, 2.45) is 0 Å². The van der Waals surface area contributed by atoms with Crippen molar-refractivity contribution in [1.29, 1.82) is 0 Å². The molecule has 7 heteroatoms. The molecule has 0 aromatic rings. The summed E-state index contributed by atoms with van der Waals surface area (Å²) < 4.78 is 11.6. The van der Waals surface area contributed by atoms with E-state index in [2.05, 4.69) is 5.32 Å². The molecule has 1 N–H and O–H groups in total. The van der Waals surface area contributed by atoms with Crippen molar-refractivity contribution in [2.75, 3.05) is 26.2 Å². The summed E-state index contributed by atoms with van der Waals surface area (Å²) in [5.74, 6) is -0.412. The maximum Gasteiger partial charge on any atom is 0.332 e. The number of ether oxygens (including phenoxy) is 2. The summed E-state index contributed by atoms with van der Waals surface area (Å²) >= 11 is 0. The summed E-state index contributed by atoms with van der Waals surface area (Å²) in [6, 6.07) is -0.767. The van der Waals surface area contributed by atoms with Crippen molar-refractivity contribution >= 4 is 12.0 Å². The molecule has 25 heavy (non-hydrogen) atoms. The van der Waals surface area contributed by atoms with Gasteiger partial charge in [0, 0.05) is 26.2 Å². The van der Waals surface area contributed by atoms with Crippen LogP contribution in [0.2, 0.25) is 0 Å². The largest absolute Gasteiger partial charge is 0.458 e. The number of carbonyl (C=O) groups is 2. The predicted molar refractivity (Wildman–Crippen MR) is 95.4 cm³/mol. The lowest BCUT2D eigenvalue weighted by Gasteiger charge is -2.35. The Bertz CT molecular complexity index is 509. The van der Waals surface area contributed by atoms with Crippen LogP contribution >= 0.6 is 0 Å². The van der Waals surface area contributed by atoms with E-state index >= 15 is 0 Å². The highest BCUT2D eigenvalue weighted by Gasteiger charge is 2.47. The summed E-state index contributed by atoms with van der Waals surface area (Å²) in [4.78, 5) is 29.2. The summed E-state index contributed by atoms with van der Waals surface area (Å²) in [6.07, 6.45) is -0.465. The Hall–Kier alpha value is -1.34. The van der Waals surface area contributed by atoms with Gasteiger partial charge in [-0.15, -0.1) is 0 Å². The van der Waals surface area contributed by atoms with Crippen LogP contribution in [0.3, 0.4) is 0 Å². The van der Waals surface area contributed by atoms with Gasteiger partial charge < -0.3 is 24.6 Å². The van der Waals surface area contributed by atoms with Crippen LogP contribution in [0.5, 0.6) is 0 Å². The quantitative estimate of drug-likeness (QED) is 0.776. The van der Waals surface area contributed by atoms with E-state index in [9.17, 15) is 9.59 Å². The zero-order chi connectivity index (χ0) is 19.0. The van der Waals surface area contributed by atoms with Crippen LogP contribution in [-0.4, -0.2) is 77.4 Å². The molecule has 0 radical (unpaired) electrons. The van der Waals surface area contributed by atoms with Gasteiger partial charge in [-0.3, -0.25) is 0 Å². The second-order valence-electron chi connectivity index (χ2n) is 8.90. The predicted octanol–water partition coefficient (Wildman–Crippen LogP) is 1.61. The number of nitrogens with zero attached hydrogens (tertiary/aromatic N) is 2. The number of carbonyl (C=O) groups excluding carboxylic acids is 2. The molecule has 7 nitrogen and oxygen atoms in total. The average molecular weight is 355 g/mol. The molecule has 2 aliphatic heterocycles. The number of hydrogen-bond donors (Lipinski definition) is 1. The molecule has 2 amide bonds. The van der Waals surface area contributed by atoms with E-state index in [0.29, 0.717) is 13.1 Å². The minimum atomic E-state index is -0.753. The van der Waals surface area contributed by atoms with E-state index in [1.165, 1.54) is 0 Å². The minimum Gasteiger partial charge on any atom is -0.458 e. The lowest BCUT2D eigenvalue weighted by atomic mass is 10.1. The monoisotopic (exact) mass is 355 g/mol. The molecule has 2 heterocycles. The van der Waals surface area contributed by atoms with Gasteiger partial charge >= 0.3 is 12.0 Å². The standard InChI is InChI=1S/C18H33N3O4/c1-12(24-17(2,3)4)14(15(22)25-18(5,6)7)21-11-13-10-19-8-9-20(13)16(21)23/h12-14,19H,8-11H2,1-7H3/t12-,13?,14+/m1/s1. The van der Waals surface area contributed by atoms with Crippen molar-refractivity contribution in [1.82, 2.24) is 15.1 Å². The maximum absolute atomic E-state index is 12.9. The second kappa shape index (κ2) is 7.11. The zero-order valence-electron chi connectivity index (χ0n) is 16.6. The highest BCUT2D eigenvalue weighted by atomic mass is 16.6. The van der Waals surface area contributed by atoms with Gasteiger partial charge in [0.15, 0.2) is 6.04 Å². The molecule has 0 aliphatic carbocycles. The molecule has 1 unspecified atom stereocenters. The normalized spacial score (nSPS) is 24.1. The van der Waals surface area contributed by atoms with Crippen molar-refractivity contribution < 1.29 is 19.1 Å². The van der Waals surface area contributed by atoms with Gasteiger partial charge in [-0.05, 0) is 48.5 Å². The molecule has 0 bridgehead atoms. The first kappa shape index (κ1) is 20.0. The lowest BCUT2D eigenvalue weighted by Crippen LogP contribution is -2.54. The fourth-order valence-corrected chi connectivity index (χ4v) is 3.44. The average Bonchev–Trinajstić information content (AvgIpc) is 2.73. The third-order valence-electron chi connectivity index (χ3n) is 4.22. The smallest absolute Gasteiger partial charge is 0.332 e. The van der Waals surface area contributed by atoms with E-state index in [0.717, 1.165) is 13.1 Å². The van der Waals surface area contributed by atoms with Gasteiger partial charge in [0.05, 0.1) is 17.7 Å². The fraction of sp³-hybridized carbons (Fsp3) is 0.889. The summed E-state index contributed by atoms with van der Waals surface area (Å²) in [7, 11) is 0. The Labute approximate surface area is 151 Å². The molecule has 0 aromatic heterocycles. The molecule has 0 spiro atoms. The first-order chi connectivity index (χ1) is 11.4. The van der Waals surface area contributed by atoms with Crippen LogP contribution < -0.4 is 5.32 Å². The Morgan fingerprint density at radius 2 is 1.84 bits per heavy atom. The number of amides is 2. The Morgan fingerprint density at radius 1 is 1.20 bits per heavy atom. The van der Waals surface area contributed by atoms with Crippen molar-refractivity contribution in [3.05, 3.63) is 0 Å². The van der Waals surface area contributed by atoms with E-state index in [-0.39, 0.29) is 12.1 Å². The number of fused-ring (bicyclic) bond motifs is 1. The van der Waals surface area contributed by atoms with Crippen molar-refractivity contribution in [3.63, 3.8) is 0 Å². The van der Waals surface area contributed by atoms with Gasteiger partial charge in [-0.2, -0.15) is 0 Å². The Morgan fingerprint density at radius 3 is 2.36 bits per heavy atom. The minimum absolute atomic E-state index is 0.0908. The number of esters is 1. The Balaban J connectivity index is 2.24. The highest BCUT2D eigenvalue weighted by molar-refractivity contribution is 5.86. The van der Waals surface area contributed by atoms with Crippen molar-refractivity contribution in [2.45, 2.75) is 77.9 Å². The molecule has 2 rings (SSSR count). The first-order valence-electron chi connectivity index (χ1n) is 9.08. The van der Waals surface area contributed by atoms with Crippen molar-refractivity contribution in [3.8, 4) is 0 Å². The molecular formula is C18H33N3O4. The molecule has 2 fully saturated rings. The van der Waals surface area contributed by atoms with E-state index < -0.39 is 29.3 Å². The topological polar surface area (TPSA) is 71.1 Å². The van der Waals surface area contributed by atoms with Crippen LogP contribution in [0.4, 0.5) is 4.79 Å². The molecule has 2 saturated heterocycles. The third-order valence-corrected chi connectivity index (χ3v) is 4.22. The van der Waals surface area contributed by atoms with Crippen LogP contribution in [-0.2, 0) is 14.3 Å². The zero-order valence-corrected chi connectivity index (χ0v) is 16.6.